The second-order valence-electron chi connectivity index (χ2n) is 5.08. The monoisotopic (exact) mass is 297 g/mol. The van der Waals surface area contributed by atoms with E-state index in [2.05, 4.69) is 9.97 Å². The fraction of sp³-hybridized carbons (Fsp3) is 0.188. The lowest BCUT2D eigenvalue weighted by molar-refractivity contribution is 0.111. The highest BCUT2D eigenvalue weighted by Gasteiger charge is 2.13. The van der Waals surface area contributed by atoms with Crippen LogP contribution in [0.5, 0.6) is 5.75 Å². The summed E-state index contributed by atoms with van der Waals surface area (Å²) < 4.78 is 6.79. The average Bonchev–Trinajstić information content (AvgIpc) is 2.95. The van der Waals surface area contributed by atoms with Crippen LogP contribution in [0.3, 0.4) is 0 Å². The average molecular weight is 297 g/mol. The van der Waals surface area contributed by atoms with Gasteiger partial charge in [-0.05, 0) is 26.0 Å². The van der Waals surface area contributed by atoms with Gasteiger partial charge in [-0.3, -0.25) is 14.2 Å². The van der Waals surface area contributed by atoms with E-state index in [1.54, 1.807) is 31.7 Å². The van der Waals surface area contributed by atoms with Gasteiger partial charge < -0.3 is 9.72 Å². The van der Waals surface area contributed by atoms with Crippen LogP contribution in [0, 0.1) is 13.8 Å². The van der Waals surface area contributed by atoms with E-state index in [1.165, 1.54) is 0 Å². The number of benzene rings is 1. The Hall–Kier alpha value is -2.89. The first-order valence-electron chi connectivity index (χ1n) is 6.77. The van der Waals surface area contributed by atoms with Crippen molar-refractivity contribution >= 4 is 17.3 Å². The highest BCUT2D eigenvalue weighted by molar-refractivity contribution is 5.79. The van der Waals surface area contributed by atoms with Gasteiger partial charge in [-0.15, -0.1) is 0 Å². The molecular weight excluding hydrogens is 282 g/mol. The van der Waals surface area contributed by atoms with Crippen molar-refractivity contribution in [2.45, 2.75) is 13.8 Å². The molecule has 6 nitrogen and oxygen atoms in total. The molecule has 3 aromatic rings. The van der Waals surface area contributed by atoms with Crippen LogP contribution in [0.1, 0.15) is 21.6 Å². The van der Waals surface area contributed by atoms with Crippen LogP contribution in [0.25, 0.3) is 17.0 Å². The lowest BCUT2D eigenvalue weighted by Crippen LogP contribution is -2.18. The molecule has 112 valence electrons. The number of fused-ring (bicyclic) bond motifs is 1. The molecule has 22 heavy (non-hydrogen) atoms. The molecule has 0 atom stereocenters. The number of ether oxygens (including phenoxy) is 1. The smallest absolute Gasteiger partial charge is 0.212 e. The van der Waals surface area contributed by atoms with Gasteiger partial charge in [0.05, 0.1) is 23.8 Å². The second kappa shape index (κ2) is 5.14. The summed E-state index contributed by atoms with van der Waals surface area (Å²) in [5.41, 5.74) is 2.67. The Morgan fingerprint density at radius 2 is 2.09 bits per heavy atom. The van der Waals surface area contributed by atoms with Gasteiger partial charge in [-0.2, -0.15) is 0 Å². The molecule has 1 aromatic carbocycles. The minimum Gasteiger partial charge on any atom is -0.497 e. The summed E-state index contributed by atoms with van der Waals surface area (Å²) in [6, 6.07) is 5.47. The predicted octanol–water partition coefficient (Wildman–Crippen LogP) is 2.15. The lowest BCUT2D eigenvalue weighted by Gasteiger charge is -2.10. The van der Waals surface area contributed by atoms with Crippen LogP contribution in [-0.4, -0.2) is 27.9 Å². The van der Waals surface area contributed by atoms with E-state index >= 15 is 0 Å². The van der Waals surface area contributed by atoms with E-state index in [0.29, 0.717) is 34.8 Å². The van der Waals surface area contributed by atoms with E-state index in [0.717, 1.165) is 11.0 Å². The summed E-state index contributed by atoms with van der Waals surface area (Å²) in [7, 11) is 1.59. The van der Waals surface area contributed by atoms with E-state index in [4.69, 9.17) is 4.74 Å². The summed E-state index contributed by atoms with van der Waals surface area (Å²) in [4.78, 5) is 31.0. The highest BCUT2D eigenvalue weighted by Crippen LogP contribution is 2.21. The number of H-pyrrole nitrogens is 1. The number of hydrogen-bond acceptors (Lipinski definition) is 4. The zero-order valence-corrected chi connectivity index (χ0v) is 12.5. The Morgan fingerprint density at radius 1 is 1.32 bits per heavy atom. The van der Waals surface area contributed by atoms with Crippen molar-refractivity contribution in [2.75, 3.05) is 7.11 Å². The third-order valence-corrected chi connectivity index (χ3v) is 3.68. The minimum absolute atomic E-state index is 0.129. The number of imidazole rings is 1. The molecule has 0 unspecified atom stereocenters. The standard InChI is InChI=1S/C16H15N3O3/c1-9-7-19(14(8-20)10(2)15(9)21)16-17-12-5-4-11(22-3)6-13(12)18-16/h4-8H,1-3H3,(H,17,18). The number of carbonyl (C=O) groups excluding carboxylic acids is 1. The predicted molar refractivity (Wildman–Crippen MR) is 83.1 cm³/mol. The van der Waals surface area contributed by atoms with Crippen LogP contribution in [0.2, 0.25) is 0 Å². The van der Waals surface area contributed by atoms with E-state index in [1.807, 2.05) is 18.2 Å². The van der Waals surface area contributed by atoms with E-state index in [-0.39, 0.29) is 5.43 Å². The number of carbonyl (C=O) groups is 1. The zero-order chi connectivity index (χ0) is 15.9. The number of aromatic amines is 1. The van der Waals surface area contributed by atoms with Crippen LogP contribution in [-0.2, 0) is 0 Å². The maximum Gasteiger partial charge on any atom is 0.212 e. The Kier molecular flexibility index (Phi) is 3.29. The van der Waals surface area contributed by atoms with Crippen molar-refractivity contribution in [3.05, 3.63) is 51.4 Å². The first-order valence-corrected chi connectivity index (χ1v) is 6.77. The Bertz CT molecular complexity index is 938. The summed E-state index contributed by atoms with van der Waals surface area (Å²) >= 11 is 0. The van der Waals surface area contributed by atoms with Crippen molar-refractivity contribution in [1.82, 2.24) is 14.5 Å². The molecular formula is C16H15N3O3. The normalized spacial score (nSPS) is 10.9. The van der Waals surface area contributed by atoms with Gasteiger partial charge in [0.25, 0.3) is 0 Å². The van der Waals surface area contributed by atoms with Gasteiger partial charge >= 0.3 is 0 Å². The molecule has 2 aromatic heterocycles. The van der Waals surface area contributed by atoms with Gasteiger partial charge in [-0.1, -0.05) is 0 Å². The van der Waals surface area contributed by atoms with Crippen molar-refractivity contribution in [3.8, 4) is 11.7 Å². The molecule has 0 spiro atoms. The van der Waals surface area contributed by atoms with E-state index in [9.17, 15) is 9.59 Å². The number of nitrogens with one attached hydrogen (secondary N) is 1. The number of nitrogens with zero attached hydrogens (tertiary/aromatic N) is 2. The molecule has 0 bridgehead atoms. The number of methoxy groups -OCH3 is 1. The zero-order valence-electron chi connectivity index (χ0n) is 12.5. The van der Waals surface area contributed by atoms with Gasteiger partial charge in [0.2, 0.25) is 5.95 Å². The van der Waals surface area contributed by atoms with Crippen LogP contribution >= 0.6 is 0 Å². The fourth-order valence-corrected chi connectivity index (χ4v) is 2.45. The molecule has 3 rings (SSSR count). The molecule has 0 aliphatic carbocycles. The molecule has 0 radical (unpaired) electrons. The summed E-state index contributed by atoms with van der Waals surface area (Å²) in [5.74, 6) is 1.20. The maximum atomic E-state index is 12.0. The summed E-state index contributed by atoms with van der Waals surface area (Å²) in [6.45, 7) is 3.35. The number of rotatable bonds is 3. The molecule has 0 saturated carbocycles. The Labute approximate surface area is 126 Å². The van der Waals surface area contributed by atoms with Gasteiger partial charge in [0, 0.05) is 23.4 Å². The molecule has 0 fully saturated rings. The molecule has 6 heteroatoms. The molecule has 0 amide bonds. The minimum atomic E-state index is -0.129. The van der Waals surface area contributed by atoms with Crippen molar-refractivity contribution in [2.24, 2.45) is 0 Å². The Morgan fingerprint density at radius 3 is 2.77 bits per heavy atom. The molecule has 0 aliphatic rings. The molecule has 0 saturated heterocycles. The second-order valence-corrected chi connectivity index (χ2v) is 5.08. The quantitative estimate of drug-likeness (QED) is 0.751. The highest BCUT2D eigenvalue weighted by atomic mass is 16.5. The van der Waals surface area contributed by atoms with Gasteiger partial charge in [0.1, 0.15) is 5.75 Å². The fourth-order valence-electron chi connectivity index (χ4n) is 2.45. The first kappa shape index (κ1) is 14.1. The first-order chi connectivity index (χ1) is 10.5. The number of pyridine rings is 1. The maximum absolute atomic E-state index is 12.0. The Balaban J connectivity index is 2.27. The SMILES string of the molecule is COc1ccc2nc(-n3cc(C)c(=O)c(C)c3C=O)[nH]c2c1. The number of hydrogen-bond donors (Lipinski definition) is 1. The molecule has 2 heterocycles. The summed E-state index contributed by atoms with van der Waals surface area (Å²) in [5, 5.41) is 0. The van der Waals surface area contributed by atoms with Crippen LogP contribution in [0.15, 0.2) is 29.2 Å². The van der Waals surface area contributed by atoms with Crippen molar-refractivity contribution in [1.29, 1.82) is 0 Å². The third kappa shape index (κ3) is 2.09. The van der Waals surface area contributed by atoms with Crippen molar-refractivity contribution in [3.63, 3.8) is 0 Å². The largest absolute Gasteiger partial charge is 0.497 e. The van der Waals surface area contributed by atoms with Gasteiger partial charge in [-0.25, -0.2) is 4.98 Å². The summed E-state index contributed by atoms with van der Waals surface area (Å²) in [6.07, 6.45) is 2.29. The van der Waals surface area contributed by atoms with Crippen LogP contribution < -0.4 is 10.2 Å². The number of aldehydes is 1. The van der Waals surface area contributed by atoms with Crippen molar-refractivity contribution < 1.29 is 9.53 Å². The molecule has 1 N–H and O–H groups in total. The molecule has 0 aliphatic heterocycles. The van der Waals surface area contributed by atoms with Crippen LogP contribution in [0.4, 0.5) is 0 Å². The topological polar surface area (TPSA) is 77.0 Å². The number of aromatic nitrogens is 3. The van der Waals surface area contributed by atoms with Gasteiger partial charge in [0.15, 0.2) is 11.7 Å². The number of aryl methyl sites for hydroxylation is 1. The lowest BCUT2D eigenvalue weighted by atomic mass is 10.1. The van der Waals surface area contributed by atoms with E-state index < -0.39 is 0 Å². The third-order valence-electron chi connectivity index (χ3n) is 3.68.